The Hall–Kier alpha value is -2.70. The van der Waals surface area contributed by atoms with Gasteiger partial charge in [0.15, 0.2) is 0 Å². The Labute approximate surface area is 149 Å². The largest absolute Gasteiger partial charge is 0.345 e. The third kappa shape index (κ3) is 3.40. The molecule has 0 spiro atoms. The van der Waals surface area contributed by atoms with Gasteiger partial charge >= 0.3 is 0 Å². The highest BCUT2D eigenvalue weighted by atomic mass is 32.1. The summed E-state index contributed by atoms with van der Waals surface area (Å²) < 4.78 is 1.08. The van der Waals surface area contributed by atoms with Crippen molar-refractivity contribution in [1.82, 2.24) is 10.8 Å². The molecule has 5 nitrogen and oxygen atoms in total. The second kappa shape index (κ2) is 7.04. The zero-order valence-electron chi connectivity index (χ0n) is 13.9. The molecule has 128 valence electrons. The summed E-state index contributed by atoms with van der Waals surface area (Å²) in [5, 5.41) is 12.8. The first kappa shape index (κ1) is 17.1. The molecule has 0 aliphatic heterocycles. The zero-order valence-corrected chi connectivity index (χ0v) is 14.7. The van der Waals surface area contributed by atoms with Crippen molar-refractivity contribution < 1.29 is 14.8 Å². The summed E-state index contributed by atoms with van der Waals surface area (Å²) >= 11 is 1.47. The Kier molecular flexibility index (Phi) is 4.83. The monoisotopic (exact) mass is 354 g/mol. The number of carbonyl (C=O) groups is 2. The van der Waals surface area contributed by atoms with Gasteiger partial charge in [-0.05, 0) is 48.6 Å². The average Bonchev–Trinajstić information content (AvgIpc) is 2.98. The summed E-state index contributed by atoms with van der Waals surface area (Å²) in [7, 11) is 0. The summed E-state index contributed by atoms with van der Waals surface area (Å²) in [6.45, 7) is 3.81. The summed E-state index contributed by atoms with van der Waals surface area (Å²) in [5.41, 5.74) is 3.70. The fourth-order valence-corrected chi connectivity index (χ4v) is 3.86. The van der Waals surface area contributed by atoms with Gasteiger partial charge in [0.05, 0.1) is 10.9 Å². The van der Waals surface area contributed by atoms with Gasteiger partial charge in [0.2, 0.25) is 0 Å². The summed E-state index contributed by atoms with van der Waals surface area (Å²) in [6, 6.07) is 14.5. The highest BCUT2D eigenvalue weighted by Crippen LogP contribution is 2.30. The lowest BCUT2D eigenvalue weighted by Gasteiger charge is -2.15. The Morgan fingerprint density at radius 1 is 1.08 bits per heavy atom. The van der Waals surface area contributed by atoms with E-state index < -0.39 is 5.91 Å². The smallest absolute Gasteiger partial charge is 0.274 e. The lowest BCUT2D eigenvalue weighted by atomic mass is 10.0. The molecule has 1 aromatic heterocycles. The molecule has 0 unspecified atom stereocenters. The van der Waals surface area contributed by atoms with Crippen LogP contribution in [0.2, 0.25) is 0 Å². The van der Waals surface area contributed by atoms with Crippen LogP contribution >= 0.6 is 11.3 Å². The van der Waals surface area contributed by atoms with E-state index in [9.17, 15) is 9.59 Å². The summed E-state index contributed by atoms with van der Waals surface area (Å²) in [5.74, 6) is -0.719. The number of aryl methyl sites for hydroxylation is 1. The molecule has 1 heterocycles. The van der Waals surface area contributed by atoms with Crippen LogP contribution in [0.15, 0.2) is 48.5 Å². The molecule has 3 rings (SSSR count). The van der Waals surface area contributed by atoms with Crippen LogP contribution in [0.1, 0.15) is 44.1 Å². The molecule has 0 aliphatic rings. The number of hydrogen-bond donors (Lipinski definition) is 3. The second-order valence-electron chi connectivity index (χ2n) is 5.81. The SMILES string of the molecule is Cc1c(C(=O)N[C@H](C)c2cccc(C(=O)NO)c2)sc2ccccc12. The number of thiophene rings is 1. The molecule has 3 N–H and O–H groups in total. The third-order valence-electron chi connectivity index (χ3n) is 4.15. The van der Waals surface area contributed by atoms with E-state index in [-0.39, 0.29) is 11.9 Å². The van der Waals surface area contributed by atoms with E-state index in [4.69, 9.17) is 5.21 Å². The average molecular weight is 354 g/mol. The Morgan fingerprint density at radius 2 is 1.84 bits per heavy atom. The molecule has 0 aliphatic carbocycles. The Balaban J connectivity index is 1.82. The Bertz CT molecular complexity index is 949. The van der Waals surface area contributed by atoms with E-state index in [0.29, 0.717) is 10.4 Å². The molecule has 2 aromatic carbocycles. The standard InChI is InChI=1S/C19H18N2O3S/c1-11-15-8-3-4-9-16(15)25-17(11)19(23)20-12(2)13-6-5-7-14(10-13)18(22)21-24/h3-10,12,24H,1-2H3,(H,20,23)(H,21,22)/t12-/m1/s1. The molecule has 6 heteroatoms. The van der Waals surface area contributed by atoms with E-state index in [0.717, 1.165) is 21.2 Å². The van der Waals surface area contributed by atoms with Crippen LogP contribution in [0.4, 0.5) is 0 Å². The van der Waals surface area contributed by atoms with Gasteiger partial charge in [-0.3, -0.25) is 14.8 Å². The first-order chi connectivity index (χ1) is 12.0. The lowest BCUT2D eigenvalue weighted by molar-refractivity contribution is 0.0706. The van der Waals surface area contributed by atoms with Crippen LogP contribution in [0.25, 0.3) is 10.1 Å². The van der Waals surface area contributed by atoms with Crippen LogP contribution in [0.3, 0.4) is 0 Å². The molecule has 1 atom stereocenters. The maximum absolute atomic E-state index is 12.7. The van der Waals surface area contributed by atoms with E-state index in [1.165, 1.54) is 11.3 Å². The lowest BCUT2D eigenvalue weighted by Crippen LogP contribution is -2.27. The number of rotatable bonds is 4. The maximum Gasteiger partial charge on any atom is 0.274 e. The van der Waals surface area contributed by atoms with Crippen molar-refractivity contribution in [2.75, 3.05) is 0 Å². The number of nitrogens with one attached hydrogen (secondary N) is 2. The van der Waals surface area contributed by atoms with E-state index in [1.54, 1.807) is 23.7 Å². The van der Waals surface area contributed by atoms with Crippen molar-refractivity contribution in [3.63, 3.8) is 0 Å². The number of fused-ring (bicyclic) bond motifs is 1. The quantitative estimate of drug-likeness (QED) is 0.492. The van der Waals surface area contributed by atoms with Gasteiger partial charge in [-0.1, -0.05) is 30.3 Å². The number of carbonyl (C=O) groups excluding carboxylic acids is 2. The molecular formula is C19H18N2O3S. The number of hydrogen-bond acceptors (Lipinski definition) is 4. The molecule has 0 saturated heterocycles. The second-order valence-corrected chi connectivity index (χ2v) is 6.87. The van der Waals surface area contributed by atoms with Gasteiger partial charge in [-0.25, -0.2) is 5.48 Å². The first-order valence-electron chi connectivity index (χ1n) is 7.84. The molecule has 0 saturated carbocycles. The van der Waals surface area contributed by atoms with E-state index >= 15 is 0 Å². The predicted octanol–water partition coefficient (Wildman–Crippen LogP) is 3.82. The maximum atomic E-state index is 12.7. The fraction of sp³-hybridized carbons (Fsp3) is 0.158. The molecule has 0 bridgehead atoms. The van der Waals surface area contributed by atoms with Crippen LogP contribution in [0.5, 0.6) is 0 Å². The van der Waals surface area contributed by atoms with Crippen molar-refractivity contribution >= 4 is 33.2 Å². The molecule has 0 fully saturated rings. The van der Waals surface area contributed by atoms with Gasteiger partial charge < -0.3 is 5.32 Å². The topological polar surface area (TPSA) is 78.4 Å². The Morgan fingerprint density at radius 3 is 2.56 bits per heavy atom. The number of benzene rings is 2. The normalized spacial score (nSPS) is 12.0. The third-order valence-corrected chi connectivity index (χ3v) is 5.42. The number of hydroxylamine groups is 1. The molecular weight excluding hydrogens is 336 g/mol. The predicted molar refractivity (Wildman–Crippen MR) is 98.1 cm³/mol. The van der Waals surface area contributed by atoms with Crippen LogP contribution in [-0.2, 0) is 0 Å². The minimum absolute atomic E-state index is 0.136. The van der Waals surface area contributed by atoms with Gasteiger partial charge in [-0.15, -0.1) is 11.3 Å². The van der Waals surface area contributed by atoms with Gasteiger partial charge in [-0.2, -0.15) is 0 Å². The summed E-state index contributed by atoms with van der Waals surface area (Å²) in [4.78, 5) is 24.9. The van der Waals surface area contributed by atoms with Crippen molar-refractivity contribution in [3.05, 3.63) is 70.1 Å². The fourth-order valence-electron chi connectivity index (χ4n) is 2.75. The van der Waals surface area contributed by atoms with E-state index in [1.807, 2.05) is 44.2 Å². The molecule has 2 amide bonds. The van der Waals surface area contributed by atoms with Gasteiger partial charge in [0, 0.05) is 10.3 Å². The number of amides is 2. The van der Waals surface area contributed by atoms with Crippen LogP contribution in [-0.4, -0.2) is 17.0 Å². The minimum atomic E-state index is -0.583. The van der Waals surface area contributed by atoms with E-state index in [2.05, 4.69) is 5.32 Å². The minimum Gasteiger partial charge on any atom is -0.345 e. The van der Waals surface area contributed by atoms with Gasteiger partial charge in [0.25, 0.3) is 11.8 Å². The van der Waals surface area contributed by atoms with Crippen LogP contribution < -0.4 is 10.8 Å². The van der Waals surface area contributed by atoms with Crippen molar-refractivity contribution in [2.24, 2.45) is 0 Å². The van der Waals surface area contributed by atoms with Gasteiger partial charge in [0.1, 0.15) is 0 Å². The highest BCUT2D eigenvalue weighted by Gasteiger charge is 2.18. The molecule has 0 radical (unpaired) electrons. The van der Waals surface area contributed by atoms with Crippen molar-refractivity contribution in [3.8, 4) is 0 Å². The van der Waals surface area contributed by atoms with Crippen molar-refractivity contribution in [1.29, 1.82) is 0 Å². The zero-order chi connectivity index (χ0) is 18.0. The van der Waals surface area contributed by atoms with Crippen LogP contribution in [0, 0.1) is 6.92 Å². The highest BCUT2D eigenvalue weighted by molar-refractivity contribution is 7.21. The molecule has 3 aromatic rings. The molecule has 25 heavy (non-hydrogen) atoms. The first-order valence-corrected chi connectivity index (χ1v) is 8.66. The summed E-state index contributed by atoms with van der Waals surface area (Å²) in [6.07, 6.45) is 0. The van der Waals surface area contributed by atoms with Crippen molar-refractivity contribution in [2.45, 2.75) is 19.9 Å².